The van der Waals surface area contributed by atoms with Crippen molar-refractivity contribution in [3.8, 4) is 0 Å². The minimum atomic E-state index is 0.0603. The van der Waals surface area contributed by atoms with Crippen LogP contribution < -0.4 is 5.73 Å². The van der Waals surface area contributed by atoms with Crippen molar-refractivity contribution >= 4 is 5.82 Å². The van der Waals surface area contributed by atoms with Gasteiger partial charge in [0.1, 0.15) is 0 Å². The lowest BCUT2D eigenvalue weighted by molar-refractivity contribution is -0.0167. The van der Waals surface area contributed by atoms with E-state index in [1.807, 2.05) is 0 Å². The summed E-state index contributed by atoms with van der Waals surface area (Å²) in [5.41, 5.74) is 5.53. The van der Waals surface area contributed by atoms with Crippen LogP contribution in [0.2, 0.25) is 0 Å². The number of aromatic nitrogens is 3. The van der Waals surface area contributed by atoms with Crippen LogP contribution >= 0.6 is 0 Å². The van der Waals surface area contributed by atoms with Crippen molar-refractivity contribution in [1.82, 2.24) is 15.0 Å². The second-order valence-corrected chi connectivity index (χ2v) is 4.11. The Balaban J connectivity index is 1.75. The van der Waals surface area contributed by atoms with Gasteiger partial charge in [0, 0.05) is 0 Å². The number of ether oxygens (including phenoxy) is 1. The summed E-state index contributed by atoms with van der Waals surface area (Å²) < 4.78 is 7.47. The van der Waals surface area contributed by atoms with Gasteiger partial charge < -0.3 is 10.5 Å². The van der Waals surface area contributed by atoms with E-state index in [0.29, 0.717) is 5.82 Å². The third kappa shape index (κ3) is 1.03. The molecule has 0 aromatic carbocycles. The van der Waals surface area contributed by atoms with Crippen molar-refractivity contribution in [2.75, 3.05) is 12.3 Å². The van der Waals surface area contributed by atoms with Gasteiger partial charge in [0.2, 0.25) is 0 Å². The molecule has 1 aromatic heterocycles. The van der Waals surface area contributed by atoms with Crippen molar-refractivity contribution in [3.63, 3.8) is 0 Å². The van der Waals surface area contributed by atoms with Gasteiger partial charge in [0.25, 0.3) is 0 Å². The molecule has 0 unspecified atom stereocenters. The number of hydrogen-bond donors (Lipinski definition) is 1. The Morgan fingerprint density at radius 1 is 1.69 bits per heavy atom. The maximum Gasteiger partial charge on any atom is 0.165 e. The third-order valence-corrected chi connectivity index (χ3v) is 2.95. The minimum Gasteiger partial charge on any atom is -0.381 e. The van der Waals surface area contributed by atoms with Crippen molar-refractivity contribution in [3.05, 3.63) is 6.20 Å². The lowest BCUT2D eigenvalue weighted by Crippen LogP contribution is -2.40. The highest BCUT2D eigenvalue weighted by Gasteiger charge is 2.52. The van der Waals surface area contributed by atoms with E-state index in [9.17, 15) is 0 Å². The first-order chi connectivity index (χ1) is 6.26. The van der Waals surface area contributed by atoms with Crippen LogP contribution in [0.4, 0.5) is 5.82 Å². The van der Waals surface area contributed by atoms with E-state index in [1.54, 1.807) is 10.9 Å². The summed E-state index contributed by atoms with van der Waals surface area (Å²) in [5.74, 6) is 1.27. The monoisotopic (exact) mass is 180 g/mol. The van der Waals surface area contributed by atoms with Crippen LogP contribution in [0.15, 0.2) is 6.20 Å². The molecule has 0 radical (unpaired) electrons. The smallest absolute Gasteiger partial charge is 0.165 e. The summed E-state index contributed by atoms with van der Waals surface area (Å²) in [7, 11) is 0. The molecular weight excluding hydrogens is 168 g/mol. The van der Waals surface area contributed by atoms with Gasteiger partial charge in [0.15, 0.2) is 5.82 Å². The molecular formula is C8H12N4O. The first-order valence-electron chi connectivity index (χ1n) is 4.55. The molecule has 2 saturated heterocycles. The SMILES string of the molecule is Nc1cn(CC23CC(CO2)C3)nn1. The van der Waals surface area contributed by atoms with Gasteiger partial charge in [-0.15, -0.1) is 5.10 Å². The Morgan fingerprint density at radius 3 is 3.08 bits per heavy atom. The number of nitrogen functional groups attached to an aromatic ring is 1. The number of hydrogen-bond acceptors (Lipinski definition) is 4. The summed E-state index contributed by atoms with van der Waals surface area (Å²) in [4.78, 5) is 0. The lowest BCUT2D eigenvalue weighted by Gasteiger charge is -2.35. The fraction of sp³-hybridized carbons (Fsp3) is 0.750. The van der Waals surface area contributed by atoms with Crippen LogP contribution in [0, 0.1) is 5.92 Å². The molecule has 2 bridgehead atoms. The summed E-state index contributed by atoms with van der Waals surface area (Å²) in [5, 5.41) is 7.65. The van der Waals surface area contributed by atoms with E-state index in [1.165, 1.54) is 12.8 Å². The molecule has 1 aliphatic carbocycles. The molecule has 1 aromatic rings. The normalized spacial score (nSPS) is 36.2. The molecule has 0 spiro atoms. The number of rotatable bonds is 2. The van der Waals surface area contributed by atoms with Crippen molar-refractivity contribution < 1.29 is 4.74 Å². The van der Waals surface area contributed by atoms with Crippen molar-refractivity contribution in [2.45, 2.75) is 25.0 Å². The van der Waals surface area contributed by atoms with Crippen molar-refractivity contribution in [1.29, 1.82) is 0 Å². The molecule has 3 fully saturated rings. The molecule has 2 aliphatic heterocycles. The molecule has 2 N–H and O–H groups in total. The van der Waals surface area contributed by atoms with Crippen LogP contribution in [-0.2, 0) is 11.3 Å². The van der Waals surface area contributed by atoms with Crippen LogP contribution in [0.5, 0.6) is 0 Å². The maximum atomic E-state index is 5.70. The first kappa shape index (κ1) is 7.32. The fourth-order valence-corrected chi connectivity index (χ4v) is 2.38. The highest BCUT2D eigenvalue weighted by atomic mass is 16.5. The summed E-state index contributed by atoms with van der Waals surface area (Å²) in [6.45, 7) is 1.72. The summed E-state index contributed by atoms with van der Waals surface area (Å²) >= 11 is 0. The first-order valence-corrected chi connectivity index (χ1v) is 4.55. The fourth-order valence-electron chi connectivity index (χ4n) is 2.38. The van der Waals surface area contributed by atoms with Gasteiger partial charge in [-0.05, 0) is 18.8 Å². The molecule has 0 amide bonds. The van der Waals surface area contributed by atoms with Crippen LogP contribution in [0.1, 0.15) is 12.8 Å². The lowest BCUT2D eigenvalue weighted by atomic mass is 9.75. The summed E-state index contributed by atoms with van der Waals surface area (Å²) in [6, 6.07) is 0. The van der Waals surface area contributed by atoms with E-state index in [-0.39, 0.29) is 5.60 Å². The van der Waals surface area contributed by atoms with Gasteiger partial charge in [-0.2, -0.15) is 0 Å². The molecule has 70 valence electrons. The Morgan fingerprint density at radius 2 is 2.54 bits per heavy atom. The highest BCUT2D eigenvalue weighted by molar-refractivity contribution is 5.20. The van der Waals surface area contributed by atoms with Crippen molar-refractivity contribution in [2.24, 2.45) is 5.92 Å². The molecule has 1 saturated carbocycles. The zero-order valence-corrected chi connectivity index (χ0v) is 7.31. The Kier molecular flexibility index (Phi) is 1.25. The number of nitrogens with two attached hydrogens (primary N) is 1. The zero-order chi connectivity index (χ0) is 8.89. The predicted octanol–water partition coefficient (Wildman–Crippen LogP) is 0.0393. The molecule has 3 aliphatic rings. The van der Waals surface area contributed by atoms with Gasteiger partial charge in [-0.3, -0.25) is 0 Å². The highest BCUT2D eigenvalue weighted by Crippen LogP contribution is 2.49. The van der Waals surface area contributed by atoms with Gasteiger partial charge in [-0.1, -0.05) is 5.21 Å². The minimum absolute atomic E-state index is 0.0603. The molecule has 5 nitrogen and oxygen atoms in total. The molecule has 13 heavy (non-hydrogen) atoms. The average Bonchev–Trinajstić information content (AvgIpc) is 2.65. The van der Waals surface area contributed by atoms with E-state index < -0.39 is 0 Å². The van der Waals surface area contributed by atoms with Gasteiger partial charge in [0.05, 0.1) is 24.9 Å². The molecule has 4 rings (SSSR count). The number of anilines is 1. The van der Waals surface area contributed by atoms with Crippen LogP contribution in [0.25, 0.3) is 0 Å². The standard InChI is InChI=1S/C8H12N4O/c9-7-3-12(11-10-7)5-8-1-6(2-8)4-13-8/h3,6H,1-2,4-5,9H2. The Hall–Kier alpha value is -1.10. The van der Waals surface area contributed by atoms with Gasteiger partial charge in [-0.25, -0.2) is 4.68 Å². The maximum absolute atomic E-state index is 5.70. The second-order valence-electron chi connectivity index (χ2n) is 4.11. The molecule has 5 heteroatoms. The third-order valence-electron chi connectivity index (χ3n) is 2.95. The topological polar surface area (TPSA) is 66.0 Å². The number of nitrogens with zero attached hydrogens (tertiary/aromatic N) is 3. The Bertz CT molecular complexity index is 323. The van der Waals surface area contributed by atoms with Crippen LogP contribution in [-0.4, -0.2) is 27.2 Å². The Labute approximate surface area is 75.9 Å². The van der Waals surface area contributed by atoms with E-state index in [0.717, 1.165) is 19.1 Å². The predicted molar refractivity (Wildman–Crippen MR) is 45.8 cm³/mol. The second kappa shape index (κ2) is 2.23. The van der Waals surface area contributed by atoms with Crippen LogP contribution in [0.3, 0.4) is 0 Å². The van der Waals surface area contributed by atoms with E-state index in [2.05, 4.69) is 10.3 Å². The number of fused-ring (bicyclic) bond motifs is 1. The quantitative estimate of drug-likeness (QED) is 0.697. The molecule has 3 heterocycles. The molecule has 0 atom stereocenters. The average molecular weight is 180 g/mol. The zero-order valence-electron chi connectivity index (χ0n) is 7.31. The van der Waals surface area contributed by atoms with Gasteiger partial charge >= 0.3 is 0 Å². The van der Waals surface area contributed by atoms with E-state index in [4.69, 9.17) is 10.5 Å². The largest absolute Gasteiger partial charge is 0.381 e. The summed E-state index contributed by atoms with van der Waals surface area (Å²) in [6.07, 6.45) is 4.10. The van der Waals surface area contributed by atoms with E-state index >= 15 is 0 Å².